The van der Waals surface area contributed by atoms with E-state index in [1.54, 1.807) is 11.3 Å². The molecule has 1 aromatic rings. The Balaban J connectivity index is 2.58. The van der Waals surface area contributed by atoms with Crippen molar-refractivity contribution in [1.82, 2.24) is 0 Å². The minimum Gasteiger partial charge on any atom is -0.303 e. The number of rotatable bonds is 3. The zero-order valence-corrected chi connectivity index (χ0v) is 6.73. The summed E-state index contributed by atoms with van der Waals surface area (Å²) in [5.74, 6) is 0.400. The summed E-state index contributed by atoms with van der Waals surface area (Å²) in [4.78, 5) is 11.4. The highest BCUT2D eigenvalue weighted by molar-refractivity contribution is 7.10. The lowest BCUT2D eigenvalue weighted by Gasteiger charge is -2.01. The standard InChI is InChI=1S/C8H10OS/c1-7(4-5-9)8-3-2-6-10-8/h2-3,5-7H,4H2,1H3. The maximum Gasteiger partial charge on any atom is 0.120 e. The van der Waals surface area contributed by atoms with E-state index >= 15 is 0 Å². The van der Waals surface area contributed by atoms with Crippen LogP contribution in [0.3, 0.4) is 0 Å². The monoisotopic (exact) mass is 154 g/mol. The van der Waals surface area contributed by atoms with Crippen LogP contribution in [0.15, 0.2) is 17.5 Å². The summed E-state index contributed by atoms with van der Waals surface area (Å²) in [5, 5.41) is 2.04. The lowest BCUT2D eigenvalue weighted by Crippen LogP contribution is -1.89. The lowest BCUT2D eigenvalue weighted by molar-refractivity contribution is -0.108. The predicted molar refractivity (Wildman–Crippen MR) is 43.4 cm³/mol. The molecule has 0 saturated carbocycles. The molecule has 0 fully saturated rings. The molecule has 0 amide bonds. The van der Waals surface area contributed by atoms with Gasteiger partial charge < -0.3 is 4.79 Å². The summed E-state index contributed by atoms with van der Waals surface area (Å²) in [6.07, 6.45) is 1.62. The molecule has 0 aliphatic rings. The van der Waals surface area contributed by atoms with Crippen LogP contribution in [-0.2, 0) is 4.79 Å². The van der Waals surface area contributed by atoms with Crippen molar-refractivity contribution in [2.45, 2.75) is 19.3 Å². The maximum absolute atomic E-state index is 10.1. The molecule has 0 bridgehead atoms. The Bertz CT molecular complexity index is 191. The van der Waals surface area contributed by atoms with Crippen LogP contribution in [0, 0.1) is 0 Å². The topological polar surface area (TPSA) is 17.1 Å². The van der Waals surface area contributed by atoms with Crippen LogP contribution in [-0.4, -0.2) is 6.29 Å². The zero-order valence-electron chi connectivity index (χ0n) is 5.91. The second-order valence-electron chi connectivity index (χ2n) is 2.32. The SMILES string of the molecule is CC(CC=O)c1cccs1. The molecule has 1 rings (SSSR count). The van der Waals surface area contributed by atoms with E-state index in [0.29, 0.717) is 12.3 Å². The number of carbonyl (C=O) groups is 1. The van der Waals surface area contributed by atoms with Gasteiger partial charge in [-0.05, 0) is 17.4 Å². The van der Waals surface area contributed by atoms with E-state index in [1.807, 2.05) is 11.4 Å². The second-order valence-corrected chi connectivity index (χ2v) is 3.30. The van der Waals surface area contributed by atoms with Crippen LogP contribution < -0.4 is 0 Å². The molecule has 1 heterocycles. The number of hydrogen-bond acceptors (Lipinski definition) is 2. The smallest absolute Gasteiger partial charge is 0.120 e. The summed E-state index contributed by atoms with van der Waals surface area (Å²) in [6.45, 7) is 2.07. The van der Waals surface area contributed by atoms with Crippen LogP contribution in [0.2, 0.25) is 0 Å². The molecule has 1 nitrogen and oxygen atoms in total. The van der Waals surface area contributed by atoms with Crippen LogP contribution in [0.5, 0.6) is 0 Å². The third kappa shape index (κ3) is 1.67. The second kappa shape index (κ2) is 3.52. The van der Waals surface area contributed by atoms with Gasteiger partial charge in [0.15, 0.2) is 0 Å². The van der Waals surface area contributed by atoms with Gasteiger partial charge in [-0.2, -0.15) is 0 Å². The highest BCUT2D eigenvalue weighted by Crippen LogP contribution is 2.22. The fourth-order valence-corrected chi connectivity index (χ4v) is 1.63. The van der Waals surface area contributed by atoms with E-state index < -0.39 is 0 Å². The van der Waals surface area contributed by atoms with E-state index in [1.165, 1.54) is 4.88 Å². The molecule has 2 heteroatoms. The van der Waals surface area contributed by atoms with Gasteiger partial charge in [0.25, 0.3) is 0 Å². The summed E-state index contributed by atoms with van der Waals surface area (Å²) < 4.78 is 0. The van der Waals surface area contributed by atoms with Crippen molar-refractivity contribution in [3.05, 3.63) is 22.4 Å². The molecular weight excluding hydrogens is 144 g/mol. The molecule has 54 valence electrons. The predicted octanol–water partition coefficient (Wildman–Crippen LogP) is 2.44. The van der Waals surface area contributed by atoms with Gasteiger partial charge in [-0.1, -0.05) is 13.0 Å². The Labute approximate surface area is 64.7 Å². The van der Waals surface area contributed by atoms with Gasteiger partial charge in [0, 0.05) is 11.3 Å². The molecular formula is C8H10OS. The third-order valence-corrected chi connectivity index (χ3v) is 2.58. The molecule has 0 spiro atoms. The van der Waals surface area contributed by atoms with Gasteiger partial charge in [0.2, 0.25) is 0 Å². The molecule has 1 aromatic heterocycles. The van der Waals surface area contributed by atoms with Crippen molar-refractivity contribution in [3.63, 3.8) is 0 Å². The largest absolute Gasteiger partial charge is 0.303 e. The average Bonchev–Trinajstić information content (AvgIpc) is 2.38. The fraction of sp³-hybridized carbons (Fsp3) is 0.375. The van der Waals surface area contributed by atoms with Gasteiger partial charge in [-0.3, -0.25) is 0 Å². The van der Waals surface area contributed by atoms with Gasteiger partial charge in [0.1, 0.15) is 6.29 Å². The van der Waals surface area contributed by atoms with Gasteiger partial charge in [-0.15, -0.1) is 11.3 Å². The first-order valence-corrected chi connectivity index (χ1v) is 4.19. The van der Waals surface area contributed by atoms with E-state index in [2.05, 4.69) is 13.0 Å². The number of aldehydes is 1. The Morgan fingerprint density at radius 2 is 2.60 bits per heavy atom. The number of thiophene rings is 1. The molecule has 10 heavy (non-hydrogen) atoms. The molecule has 0 aromatic carbocycles. The van der Waals surface area contributed by atoms with E-state index in [-0.39, 0.29) is 0 Å². The molecule has 1 atom stereocenters. The summed E-state index contributed by atoms with van der Waals surface area (Å²) in [7, 11) is 0. The van der Waals surface area contributed by atoms with Crippen LogP contribution in [0.1, 0.15) is 24.1 Å². The molecule has 0 N–H and O–H groups in total. The van der Waals surface area contributed by atoms with Crippen LogP contribution in [0.25, 0.3) is 0 Å². The maximum atomic E-state index is 10.1. The van der Waals surface area contributed by atoms with Gasteiger partial charge in [0.05, 0.1) is 0 Å². The zero-order chi connectivity index (χ0) is 7.40. The molecule has 0 aliphatic carbocycles. The van der Waals surface area contributed by atoms with E-state index in [9.17, 15) is 4.79 Å². The summed E-state index contributed by atoms with van der Waals surface area (Å²) >= 11 is 1.71. The van der Waals surface area contributed by atoms with E-state index in [0.717, 1.165) is 6.29 Å². The highest BCUT2D eigenvalue weighted by atomic mass is 32.1. The van der Waals surface area contributed by atoms with Crippen molar-refractivity contribution in [3.8, 4) is 0 Å². The number of carbonyl (C=O) groups excluding carboxylic acids is 1. The molecule has 0 saturated heterocycles. The minimum atomic E-state index is 0.400. The van der Waals surface area contributed by atoms with Gasteiger partial charge in [-0.25, -0.2) is 0 Å². The van der Waals surface area contributed by atoms with Gasteiger partial charge >= 0.3 is 0 Å². The Hall–Kier alpha value is -0.630. The number of hydrogen-bond donors (Lipinski definition) is 0. The lowest BCUT2D eigenvalue weighted by atomic mass is 10.1. The average molecular weight is 154 g/mol. The molecule has 1 unspecified atom stereocenters. The first kappa shape index (κ1) is 7.48. The fourth-order valence-electron chi connectivity index (χ4n) is 0.832. The normalized spacial score (nSPS) is 12.9. The molecule has 0 radical (unpaired) electrons. The summed E-state index contributed by atoms with van der Waals surface area (Å²) in [6, 6.07) is 4.08. The quantitative estimate of drug-likeness (QED) is 0.611. The third-order valence-electron chi connectivity index (χ3n) is 1.48. The van der Waals surface area contributed by atoms with Crippen molar-refractivity contribution in [2.75, 3.05) is 0 Å². The Kier molecular flexibility index (Phi) is 2.63. The van der Waals surface area contributed by atoms with Crippen LogP contribution >= 0.6 is 11.3 Å². The molecule has 0 aliphatic heterocycles. The van der Waals surface area contributed by atoms with Crippen LogP contribution in [0.4, 0.5) is 0 Å². The Morgan fingerprint density at radius 3 is 3.10 bits per heavy atom. The van der Waals surface area contributed by atoms with E-state index in [4.69, 9.17) is 0 Å². The first-order chi connectivity index (χ1) is 4.84. The van der Waals surface area contributed by atoms with Crippen molar-refractivity contribution >= 4 is 17.6 Å². The highest BCUT2D eigenvalue weighted by Gasteiger charge is 2.03. The van der Waals surface area contributed by atoms with Crippen molar-refractivity contribution < 1.29 is 4.79 Å². The van der Waals surface area contributed by atoms with Crippen molar-refractivity contribution in [2.24, 2.45) is 0 Å². The summed E-state index contributed by atoms with van der Waals surface area (Å²) in [5.41, 5.74) is 0. The minimum absolute atomic E-state index is 0.400. The first-order valence-electron chi connectivity index (χ1n) is 3.31. The Morgan fingerprint density at radius 1 is 1.80 bits per heavy atom. The van der Waals surface area contributed by atoms with Crippen molar-refractivity contribution in [1.29, 1.82) is 0 Å².